The van der Waals surface area contributed by atoms with Gasteiger partial charge in [-0.3, -0.25) is 4.79 Å². The first-order valence-corrected chi connectivity index (χ1v) is 5.56. The zero-order chi connectivity index (χ0) is 12.1. The van der Waals surface area contributed by atoms with Crippen molar-refractivity contribution in [2.45, 2.75) is 12.6 Å². The molecule has 1 aromatic carbocycles. The maximum absolute atomic E-state index is 11.5. The SMILES string of the molecule is NCc1cccc(NC(=O)COC2COC2)c1. The molecule has 0 aromatic heterocycles. The normalized spacial score (nSPS) is 15.4. The van der Waals surface area contributed by atoms with Crippen molar-refractivity contribution in [2.24, 2.45) is 5.73 Å². The molecule has 0 unspecified atom stereocenters. The quantitative estimate of drug-likeness (QED) is 0.780. The second-order valence-electron chi connectivity index (χ2n) is 3.92. The molecule has 0 aliphatic carbocycles. The lowest BCUT2D eigenvalue weighted by molar-refractivity contribution is -0.144. The molecular weight excluding hydrogens is 220 g/mol. The maximum atomic E-state index is 11.5. The minimum atomic E-state index is -0.161. The van der Waals surface area contributed by atoms with Crippen molar-refractivity contribution in [3.8, 4) is 0 Å². The van der Waals surface area contributed by atoms with E-state index in [1.807, 2.05) is 24.3 Å². The van der Waals surface area contributed by atoms with E-state index in [0.717, 1.165) is 11.3 Å². The highest BCUT2D eigenvalue weighted by Gasteiger charge is 2.19. The average Bonchev–Trinajstić information content (AvgIpc) is 2.27. The third kappa shape index (κ3) is 3.52. The lowest BCUT2D eigenvalue weighted by atomic mass is 10.2. The fourth-order valence-corrected chi connectivity index (χ4v) is 1.48. The summed E-state index contributed by atoms with van der Waals surface area (Å²) in [7, 11) is 0. The molecule has 0 radical (unpaired) electrons. The fraction of sp³-hybridized carbons (Fsp3) is 0.417. The van der Waals surface area contributed by atoms with Crippen LogP contribution in [0.2, 0.25) is 0 Å². The second kappa shape index (κ2) is 5.77. The van der Waals surface area contributed by atoms with Gasteiger partial charge >= 0.3 is 0 Å². The number of hydrogen-bond acceptors (Lipinski definition) is 4. The van der Waals surface area contributed by atoms with Crippen LogP contribution in [0.1, 0.15) is 5.56 Å². The number of nitrogens with two attached hydrogens (primary N) is 1. The molecule has 3 N–H and O–H groups in total. The molecule has 2 rings (SSSR count). The number of anilines is 1. The number of carbonyl (C=O) groups is 1. The molecule has 1 fully saturated rings. The van der Waals surface area contributed by atoms with Gasteiger partial charge < -0.3 is 20.5 Å². The molecule has 92 valence electrons. The van der Waals surface area contributed by atoms with Crippen molar-refractivity contribution < 1.29 is 14.3 Å². The number of ether oxygens (including phenoxy) is 2. The van der Waals surface area contributed by atoms with Gasteiger partial charge in [-0.1, -0.05) is 12.1 Å². The summed E-state index contributed by atoms with van der Waals surface area (Å²) in [6.45, 7) is 1.67. The van der Waals surface area contributed by atoms with E-state index in [9.17, 15) is 4.79 Å². The number of amides is 1. The summed E-state index contributed by atoms with van der Waals surface area (Å²) in [5.41, 5.74) is 7.25. The topological polar surface area (TPSA) is 73.6 Å². The van der Waals surface area contributed by atoms with E-state index in [2.05, 4.69) is 5.32 Å². The van der Waals surface area contributed by atoms with E-state index in [-0.39, 0.29) is 18.6 Å². The predicted octanol–water partition coefficient (Wildman–Crippen LogP) is 0.499. The highest BCUT2D eigenvalue weighted by molar-refractivity contribution is 5.91. The van der Waals surface area contributed by atoms with Gasteiger partial charge in [-0.05, 0) is 17.7 Å². The van der Waals surface area contributed by atoms with Gasteiger partial charge in [0.1, 0.15) is 12.7 Å². The number of hydrogen-bond donors (Lipinski definition) is 2. The Bertz CT molecular complexity index is 391. The van der Waals surface area contributed by atoms with Crippen molar-refractivity contribution >= 4 is 11.6 Å². The zero-order valence-corrected chi connectivity index (χ0v) is 9.52. The second-order valence-corrected chi connectivity index (χ2v) is 3.92. The molecule has 1 aromatic rings. The van der Waals surface area contributed by atoms with E-state index in [1.54, 1.807) is 0 Å². The van der Waals surface area contributed by atoms with Gasteiger partial charge in [0, 0.05) is 12.2 Å². The third-order valence-electron chi connectivity index (χ3n) is 2.50. The highest BCUT2D eigenvalue weighted by atomic mass is 16.6. The van der Waals surface area contributed by atoms with Gasteiger partial charge in [0.2, 0.25) is 5.91 Å². The lowest BCUT2D eigenvalue weighted by Crippen LogP contribution is -2.38. The monoisotopic (exact) mass is 236 g/mol. The smallest absolute Gasteiger partial charge is 0.250 e. The first kappa shape index (κ1) is 12.0. The van der Waals surface area contributed by atoms with Crippen molar-refractivity contribution in [1.29, 1.82) is 0 Å². The maximum Gasteiger partial charge on any atom is 0.250 e. The Morgan fingerprint density at radius 3 is 3.00 bits per heavy atom. The first-order valence-electron chi connectivity index (χ1n) is 5.56. The molecule has 0 bridgehead atoms. The van der Waals surface area contributed by atoms with Gasteiger partial charge in [0.25, 0.3) is 0 Å². The van der Waals surface area contributed by atoms with E-state index >= 15 is 0 Å². The Kier molecular flexibility index (Phi) is 4.08. The third-order valence-corrected chi connectivity index (χ3v) is 2.50. The van der Waals surface area contributed by atoms with Crippen molar-refractivity contribution in [2.75, 3.05) is 25.1 Å². The molecular formula is C12H16N2O3. The lowest BCUT2D eigenvalue weighted by Gasteiger charge is -2.25. The largest absolute Gasteiger partial charge is 0.376 e. The van der Waals surface area contributed by atoms with E-state index in [1.165, 1.54) is 0 Å². The fourth-order valence-electron chi connectivity index (χ4n) is 1.48. The minimum Gasteiger partial charge on any atom is -0.376 e. The summed E-state index contributed by atoms with van der Waals surface area (Å²) < 4.78 is 10.3. The number of nitrogens with one attached hydrogen (secondary N) is 1. The Labute approximate surface area is 99.9 Å². The van der Waals surface area contributed by atoms with Gasteiger partial charge in [-0.2, -0.15) is 0 Å². The van der Waals surface area contributed by atoms with Crippen molar-refractivity contribution in [3.63, 3.8) is 0 Å². The van der Waals surface area contributed by atoms with E-state index < -0.39 is 0 Å². The summed E-state index contributed by atoms with van der Waals surface area (Å²) in [6, 6.07) is 7.45. The Balaban J connectivity index is 1.79. The standard InChI is InChI=1S/C12H16N2O3/c13-5-9-2-1-3-10(4-9)14-12(15)8-17-11-6-16-7-11/h1-4,11H,5-8,13H2,(H,14,15). The van der Waals surface area contributed by atoms with Crippen LogP contribution in [0.4, 0.5) is 5.69 Å². The molecule has 1 aliphatic heterocycles. The molecule has 1 heterocycles. The first-order chi connectivity index (χ1) is 8.28. The molecule has 0 atom stereocenters. The van der Waals surface area contributed by atoms with Gasteiger partial charge in [0.15, 0.2) is 0 Å². The van der Waals surface area contributed by atoms with Crippen LogP contribution in [0.3, 0.4) is 0 Å². The van der Waals surface area contributed by atoms with Crippen LogP contribution >= 0.6 is 0 Å². The molecule has 0 saturated carbocycles. The Morgan fingerprint density at radius 1 is 1.53 bits per heavy atom. The van der Waals surface area contributed by atoms with E-state index in [0.29, 0.717) is 19.8 Å². The van der Waals surface area contributed by atoms with Gasteiger partial charge in [-0.25, -0.2) is 0 Å². The van der Waals surface area contributed by atoms with Crippen molar-refractivity contribution in [3.05, 3.63) is 29.8 Å². The van der Waals surface area contributed by atoms with Crippen molar-refractivity contribution in [1.82, 2.24) is 0 Å². The minimum absolute atomic E-state index is 0.0564. The molecule has 5 nitrogen and oxygen atoms in total. The van der Waals surface area contributed by atoms with Crippen LogP contribution < -0.4 is 11.1 Å². The summed E-state index contributed by atoms with van der Waals surface area (Å²) in [4.78, 5) is 11.5. The Hall–Kier alpha value is -1.43. The zero-order valence-electron chi connectivity index (χ0n) is 9.52. The van der Waals surface area contributed by atoms with Crippen LogP contribution in [0.5, 0.6) is 0 Å². The summed E-state index contributed by atoms with van der Waals surface area (Å²) >= 11 is 0. The summed E-state index contributed by atoms with van der Waals surface area (Å²) in [6.07, 6.45) is 0.0659. The van der Waals surface area contributed by atoms with Crippen LogP contribution in [-0.4, -0.2) is 31.8 Å². The van der Waals surface area contributed by atoms with Gasteiger partial charge in [0.05, 0.1) is 13.2 Å². The molecule has 17 heavy (non-hydrogen) atoms. The number of benzene rings is 1. The molecule has 0 spiro atoms. The molecule has 1 amide bonds. The van der Waals surface area contributed by atoms with Crippen LogP contribution in [0, 0.1) is 0 Å². The Morgan fingerprint density at radius 2 is 2.35 bits per heavy atom. The number of rotatable bonds is 5. The summed E-state index contributed by atoms with van der Waals surface area (Å²) in [5.74, 6) is -0.161. The van der Waals surface area contributed by atoms with Crippen LogP contribution in [-0.2, 0) is 20.8 Å². The highest BCUT2D eigenvalue weighted by Crippen LogP contribution is 2.10. The van der Waals surface area contributed by atoms with E-state index in [4.69, 9.17) is 15.2 Å². The molecule has 5 heteroatoms. The summed E-state index contributed by atoms with van der Waals surface area (Å²) in [5, 5.41) is 2.76. The molecule has 1 aliphatic rings. The van der Waals surface area contributed by atoms with Crippen LogP contribution in [0.15, 0.2) is 24.3 Å². The predicted molar refractivity (Wildman–Crippen MR) is 63.5 cm³/mol. The molecule has 1 saturated heterocycles. The van der Waals surface area contributed by atoms with Crippen LogP contribution in [0.25, 0.3) is 0 Å². The van der Waals surface area contributed by atoms with Gasteiger partial charge in [-0.15, -0.1) is 0 Å². The average molecular weight is 236 g/mol. The number of carbonyl (C=O) groups excluding carboxylic acids is 1.